The minimum atomic E-state index is -0.284. The first-order valence-electron chi connectivity index (χ1n) is 8.12. The third-order valence-electron chi connectivity index (χ3n) is 4.35. The quantitative estimate of drug-likeness (QED) is 0.541. The summed E-state index contributed by atoms with van der Waals surface area (Å²) in [4.78, 5) is 17.0. The number of benzene rings is 2. The van der Waals surface area contributed by atoms with Crippen LogP contribution in [0.2, 0.25) is 5.02 Å². The van der Waals surface area contributed by atoms with Gasteiger partial charge in [0.2, 0.25) is 5.78 Å². The molecular formula is C20H15ClFN3O. The molecule has 0 aliphatic carbocycles. The topological polar surface area (TPSA) is 39.3 Å². The average Bonchev–Trinajstić information content (AvgIpc) is 3.06. The molecule has 0 aliphatic rings. The summed E-state index contributed by atoms with van der Waals surface area (Å²) in [6, 6.07) is 15.4. The lowest BCUT2D eigenvalue weighted by Crippen LogP contribution is -2.19. The molecule has 0 bridgehead atoms. The third-order valence-corrected chi connectivity index (χ3v) is 4.60. The summed E-state index contributed by atoms with van der Waals surface area (Å²) < 4.78 is 17.4. The molecule has 0 unspecified atom stereocenters. The summed E-state index contributed by atoms with van der Waals surface area (Å²) in [5.41, 5.74) is 2.60. The molecule has 4 rings (SSSR count). The molecule has 26 heavy (non-hydrogen) atoms. The van der Waals surface area contributed by atoms with E-state index >= 15 is 0 Å². The van der Waals surface area contributed by atoms with Crippen LogP contribution in [0.15, 0.2) is 65.6 Å². The van der Waals surface area contributed by atoms with Crippen LogP contribution in [0.25, 0.3) is 17.0 Å². The highest BCUT2D eigenvalue weighted by Gasteiger charge is 2.13. The molecular weight excluding hydrogens is 353 g/mol. The smallest absolute Gasteiger partial charge is 0.259 e. The zero-order chi connectivity index (χ0) is 18.3. The molecule has 0 amide bonds. The van der Waals surface area contributed by atoms with Crippen LogP contribution in [-0.2, 0) is 6.54 Å². The average molecular weight is 368 g/mol. The zero-order valence-electron chi connectivity index (χ0n) is 14.0. The summed E-state index contributed by atoms with van der Waals surface area (Å²) in [6.07, 6.45) is 1.69. The van der Waals surface area contributed by atoms with Crippen LogP contribution >= 0.6 is 11.6 Å². The van der Waals surface area contributed by atoms with E-state index in [1.165, 1.54) is 16.5 Å². The minimum Gasteiger partial charge on any atom is -0.311 e. The van der Waals surface area contributed by atoms with Gasteiger partial charge < -0.3 is 4.57 Å². The maximum Gasteiger partial charge on any atom is 0.259 e. The molecule has 2 aromatic heterocycles. The van der Waals surface area contributed by atoms with Gasteiger partial charge in [0, 0.05) is 34.1 Å². The molecule has 4 nitrogen and oxygen atoms in total. The van der Waals surface area contributed by atoms with Gasteiger partial charge in [-0.05, 0) is 25.1 Å². The number of hydrogen-bond donors (Lipinski definition) is 0. The Hall–Kier alpha value is -2.92. The summed E-state index contributed by atoms with van der Waals surface area (Å²) in [6.45, 7) is 2.11. The van der Waals surface area contributed by atoms with Gasteiger partial charge >= 0.3 is 0 Å². The van der Waals surface area contributed by atoms with E-state index in [1.807, 2.05) is 23.6 Å². The van der Waals surface area contributed by atoms with Crippen molar-refractivity contribution in [3.05, 3.63) is 93.2 Å². The van der Waals surface area contributed by atoms with Crippen molar-refractivity contribution in [1.29, 1.82) is 0 Å². The predicted molar refractivity (Wildman–Crippen MR) is 100 cm³/mol. The minimum absolute atomic E-state index is 0.171. The lowest BCUT2D eigenvalue weighted by Gasteiger charge is -2.12. The fourth-order valence-corrected chi connectivity index (χ4v) is 3.09. The number of hydrogen-bond acceptors (Lipinski definition) is 2. The highest BCUT2D eigenvalue weighted by molar-refractivity contribution is 6.30. The van der Waals surface area contributed by atoms with Crippen LogP contribution in [0.4, 0.5) is 4.39 Å². The van der Waals surface area contributed by atoms with Crippen LogP contribution in [0, 0.1) is 12.7 Å². The van der Waals surface area contributed by atoms with Crippen molar-refractivity contribution in [2.24, 2.45) is 0 Å². The standard InChI is InChI=1S/C20H15ClFN3O/c1-13-10-19(26)25-12-18(14-6-8-16(21)9-7-14)23-20(25)24(13)11-15-4-2-3-5-17(15)22/h2-10,12H,11H2,1H3. The first-order valence-corrected chi connectivity index (χ1v) is 8.49. The Morgan fingerprint density at radius 2 is 1.85 bits per heavy atom. The Morgan fingerprint density at radius 3 is 2.58 bits per heavy atom. The van der Waals surface area contributed by atoms with Gasteiger partial charge in [0.15, 0.2) is 0 Å². The Morgan fingerprint density at radius 1 is 1.12 bits per heavy atom. The lowest BCUT2D eigenvalue weighted by atomic mass is 10.2. The molecule has 0 N–H and O–H groups in total. The van der Waals surface area contributed by atoms with E-state index in [1.54, 1.807) is 36.5 Å². The maximum absolute atomic E-state index is 14.1. The lowest BCUT2D eigenvalue weighted by molar-refractivity contribution is 0.597. The van der Waals surface area contributed by atoms with Crippen LogP contribution in [-0.4, -0.2) is 14.0 Å². The van der Waals surface area contributed by atoms with Gasteiger partial charge in [-0.15, -0.1) is 0 Å². The monoisotopic (exact) mass is 367 g/mol. The van der Waals surface area contributed by atoms with Gasteiger partial charge in [0.25, 0.3) is 5.56 Å². The largest absolute Gasteiger partial charge is 0.311 e. The molecule has 4 aromatic rings. The highest BCUT2D eigenvalue weighted by Crippen LogP contribution is 2.21. The van der Waals surface area contributed by atoms with E-state index in [-0.39, 0.29) is 11.4 Å². The second-order valence-electron chi connectivity index (χ2n) is 6.10. The SMILES string of the molecule is Cc1cc(=O)n2cc(-c3ccc(Cl)cc3)nc2n1Cc1ccccc1F. The van der Waals surface area contributed by atoms with Crippen molar-refractivity contribution in [1.82, 2.24) is 14.0 Å². The Bertz CT molecular complexity index is 1160. The van der Waals surface area contributed by atoms with Gasteiger partial charge in [0.05, 0.1) is 12.2 Å². The molecule has 0 fully saturated rings. The number of rotatable bonds is 3. The number of nitrogens with zero attached hydrogens (tertiary/aromatic N) is 3. The number of aryl methyl sites for hydroxylation is 1. The molecule has 6 heteroatoms. The van der Waals surface area contributed by atoms with E-state index < -0.39 is 0 Å². The summed E-state index contributed by atoms with van der Waals surface area (Å²) in [5, 5.41) is 0.632. The third kappa shape index (κ3) is 2.91. The van der Waals surface area contributed by atoms with E-state index in [9.17, 15) is 9.18 Å². The van der Waals surface area contributed by atoms with Crippen molar-refractivity contribution in [2.45, 2.75) is 13.5 Å². The van der Waals surface area contributed by atoms with Crippen molar-refractivity contribution in [2.75, 3.05) is 0 Å². The van der Waals surface area contributed by atoms with E-state index in [4.69, 9.17) is 11.6 Å². The first kappa shape index (κ1) is 16.5. The van der Waals surface area contributed by atoms with Crippen molar-refractivity contribution in [3.8, 4) is 11.3 Å². The van der Waals surface area contributed by atoms with Crippen molar-refractivity contribution in [3.63, 3.8) is 0 Å². The van der Waals surface area contributed by atoms with Crippen LogP contribution in [0.1, 0.15) is 11.3 Å². The summed E-state index contributed by atoms with van der Waals surface area (Å²) in [5.74, 6) is 0.191. The predicted octanol–water partition coefficient (Wildman–Crippen LogP) is 4.31. The van der Waals surface area contributed by atoms with E-state index in [0.717, 1.165) is 11.3 Å². The molecule has 0 saturated carbocycles. The van der Waals surface area contributed by atoms with Crippen molar-refractivity contribution >= 4 is 17.4 Å². The molecule has 130 valence electrons. The fraction of sp³-hybridized carbons (Fsp3) is 0.100. The molecule has 0 aliphatic heterocycles. The van der Waals surface area contributed by atoms with Crippen LogP contribution in [0.5, 0.6) is 0 Å². The Labute approximate surface area is 154 Å². The number of fused-ring (bicyclic) bond motifs is 1. The van der Waals surface area contributed by atoms with E-state index in [0.29, 0.717) is 28.6 Å². The number of halogens is 2. The highest BCUT2D eigenvalue weighted by atomic mass is 35.5. The fourth-order valence-electron chi connectivity index (χ4n) is 2.96. The first-order chi connectivity index (χ1) is 12.5. The van der Waals surface area contributed by atoms with Gasteiger partial charge in [0.1, 0.15) is 5.82 Å². The van der Waals surface area contributed by atoms with E-state index in [2.05, 4.69) is 4.98 Å². The maximum atomic E-state index is 14.1. The van der Waals surface area contributed by atoms with Gasteiger partial charge in [-0.3, -0.25) is 9.20 Å². The van der Waals surface area contributed by atoms with Gasteiger partial charge in [-0.2, -0.15) is 0 Å². The number of imidazole rings is 1. The van der Waals surface area contributed by atoms with Gasteiger partial charge in [-0.1, -0.05) is 41.9 Å². The Balaban J connectivity index is 1.89. The number of aromatic nitrogens is 3. The second kappa shape index (κ2) is 6.42. The normalized spacial score (nSPS) is 11.2. The molecule has 0 saturated heterocycles. The van der Waals surface area contributed by atoms with Crippen molar-refractivity contribution < 1.29 is 4.39 Å². The Kier molecular flexibility index (Phi) is 4.09. The second-order valence-corrected chi connectivity index (χ2v) is 6.54. The van der Waals surface area contributed by atoms with Gasteiger partial charge in [-0.25, -0.2) is 9.37 Å². The molecule has 0 spiro atoms. The van der Waals surface area contributed by atoms with Crippen LogP contribution < -0.4 is 5.56 Å². The molecule has 2 heterocycles. The van der Waals surface area contributed by atoms with Crippen LogP contribution in [0.3, 0.4) is 0 Å². The summed E-state index contributed by atoms with van der Waals surface area (Å²) in [7, 11) is 0. The zero-order valence-corrected chi connectivity index (χ0v) is 14.7. The molecule has 2 aromatic carbocycles. The molecule has 0 atom stereocenters. The summed E-state index contributed by atoms with van der Waals surface area (Å²) >= 11 is 5.94. The molecule has 0 radical (unpaired) electrons.